The number of rotatable bonds is 7. The predicted molar refractivity (Wildman–Crippen MR) is 119 cm³/mol. The Labute approximate surface area is 181 Å². The molecule has 0 amide bonds. The molecule has 1 aliphatic rings. The Hall–Kier alpha value is -3.39. The molecule has 8 heteroatoms. The first-order chi connectivity index (χ1) is 15.1. The second-order valence-corrected chi connectivity index (χ2v) is 7.77. The maximum atomic E-state index is 12.8. The second-order valence-electron chi connectivity index (χ2n) is 7.77. The molecule has 0 radical (unpaired) electrons. The third kappa shape index (κ3) is 5.21. The maximum absolute atomic E-state index is 12.8. The van der Waals surface area contributed by atoms with E-state index in [4.69, 9.17) is 0 Å². The third-order valence-corrected chi connectivity index (χ3v) is 5.49. The van der Waals surface area contributed by atoms with Crippen molar-refractivity contribution in [2.45, 2.75) is 25.8 Å². The monoisotopic (exact) mass is 418 g/mol. The summed E-state index contributed by atoms with van der Waals surface area (Å²) in [6.45, 7) is 3.14. The second kappa shape index (κ2) is 9.61. The van der Waals surface area contributed by atoms with Gasteiger partial charge in [-0.25, -0.2) is 15.0 Å². The average molecular weight is 419 g/mol. The zero-order chi connectivity index (χ0) is 21.6. The number of Topliss-reactive ketones (excluding diaryl/α,β-unsaturated/α-hetero) is 1. The Bertz CT molecular complexity index is 1110. The van der Waals surface area contributed by atoms with Gasteiger partial charge < -0.3 is 5.32 Å². The molecule has 0 bridgehead atoms. The van der Waals surface area contributed by atoms with Gasteiger partial charge in [-0.15, -0.1) is 0 Å². The molecule has 0 aliphatic carbocycles. The topological polar surface area (TPSA) is 93.0 Å². The van der Waals surface area contributed by atoms with Gasteiger partial charge >= 0.3 is 0 Å². The summed E-state index contributed by atoms with van der Waals surface area (Å²) in [6.07, 6.45) is 6.78. The highest BCUT2D eigenvalue weighted by molar-refractivity contribution is 5.99. The lowest BCUT2D eigenvalue weighted by Gasteiger charge is -2.26. The van der Waals surface area contributed by atoms with Crippen molar-refractivity contribution in [2.75, 3.05) is 25.0 Å². The van der Waals surface area contributed by atoms with Crippen LogP contribution in [0.1, 0.15) is 35.2 Å². The number of hydrogen-bond donors (Lipinski definition) is 1. The summed E-state index contributed by atoms with van der Waals surface area (Å²) in [6, 6.07) is 10.9. The molecule has 0 saturated carbocycles. The average Bonchev–Trinajstić information content (AvgIpc) is 2.81. The summed E-state index contributed by atoms with van der Waals surface area (Å²) in [4.78, 5) is 40.1. The minimum absolute atomic E-state index is 0.0423. The fourth-order valence-corrected chi connectivity index (χ4v) is 3.75. The van der Waals surface area contributed by atoms with Gasteiger partial charge in [-0.05, 0) is 43.6 Å². The zero-order valence-corrected chi connectivity index (χ0v) is 17.6. The van der Waals surface area contributed by atoms with Crippen LogP contribution in [-0.4, -0.2) is 49.8 Å². The number of piperidine rings is 1. The molecule has 1 N–H and O–H groups in total. The van der Waals surface area contributed by atoms with Crippen molar-refractivity contribution in [1.82, 2.24) is 24.4 Å². The van der Waals surface area contributed by atoms with Crippen LogP contribution in [0, 0.1) is 0 Å². The Balaban J connectivity index is 1.46. The van der Waals surface area contributed by atoms with Crippen molar-refractivity contribution >= 4 is 11.7 Å². The highest BCUT2D eigenvalue weighted by atomic mass is 16.1. The van der Waals surface area contributed by atoms with E-state index >= 15 is 0 Å². The van der Waals surface area contributed by atoms with E-state index in [1.54, 1.807) is 19.3 Å². The fourth-order valence-electron chi connectivity index (χ4n) is 3.75. The number of aromatic nitrogens is 4. The standard InChI is InChI=1S/C23H26N6O2/c1-28-22(31)13-20(19-8-9-24-16-26-19)27-23(28)25-14-21(30)18-7-5-6-17(12-18)15-29-10-3-2-4-11-29/h5-9,12-13,16H,2-4,10-11,14-15H2,1H3,(H,25,27). The quantitative estimate of drug-likeness (QED) is 0.589. The normalized spacial score (nSPS) is 14.4. The summed E-state index contributed by atoms with van der Waals surface area (Å²) in [5, 5.41) is 3.01. The van der Waals surface area contributed by atoms with Crippen molar-refractivity contribution in [3.8, 4) is 11.4 Å². The summed E-state index contributed by atoms with van der Waals surface area (Å²) in [5.41, 5.74) is 2.54. The van der Waals surface area contributed by atoms with Gasteiger partial charge in [0.15, 0.2) is 5.78 Å². The van der Waals surface area contributed by atoms with Gasteiger partial charge in [-0.3, -0.25) is 19.1 Å². The molecular formula is C23H26N6O2. The van der Waals surface area contributed by atoms with E-state index in [0.717, 1.165) is 25.2 Å². The molecule has 0 spiro atoms. The minimum atomic E-state index is -0.234. The maximum Gasteiger partial charge on any atom is 0.255 e. The van der Waals surface area contributed by atoms with Gasteiger partial charge in [-0.1, -0.05) is 24.6 Å². The van der Waals surface area contributed by atoms with Gasteiger partial charge in [0.25, 0.3) is 5.56 Å². The van der Waals surface area contributed by atoms with Crippen LogP contribution >= 0.6 is 0 Å². The highest BCUT2D eigenvalue weighted by Gasteiger charge is 2.14. The van der Waals surface area contributed by atoms with Crippen LogP contribution in [-0.2, 0) is 13.6 Å². The number of anilines is 1. The fraction of sp³-hybridized carbons (Fsp3) is 0.348. The Morgan fingerprint density at radius 2 is 1.94 bits per heavy atom. The van der Waals surface area contributed by atoms with Crippen molar-refractivity contribution in [3.63, 3.8) is 0 Å². The van der Waals surface area contributed by atoms with E-state index in [2.05, 4.69) is 31.2 Å². The van der Waals surface area contributed by atoms with Crippen LogP contribution in [0.2, 0.25) is 0 Å². The van der Waals surface area contributed by atoms with Gasteiger partial charge in [0, 0.05) is 31.4 Å². The number of nitrogens with zero attached hydrogens (tertiary/aromatic N) is 5. The summed E-state index contributed by atoms with van der Waals surface area (Å²) in [5.74, 6) is 0.265. The number of carbonyl (C=O) groups excluding carboxylic acids is 1. The molecule has 8 nitrogen and oxygen atoms in total. The number of likely N-dealkylation sites (tertiary alicyclic amines) is 1. The molecule has 3 heterocycles. The van der Waals surface area contributed by atoms with Crippen molar-refractivity contribution < 1.29 is 4.79 Å². The number of benzene rings is 1. The van der Waals surface area contributed by atoms with Crippen molar-refractivity contribution in [1.29, 1.82) is 0 Å². The van der Waals surface area contributed by atoms with Crippen molar-refractivity contribution in [3.05, 3.63) is 70.4 Å². The van der Waals surface area contributed by atoms with Crippen LogP contribution < -0.4 is 10.9 Å². The third-order valence-electron chi connectivity index (χ3n) is 5.49. The summed E-state index contributed by atoms with van der Waals surface area (Å²) >= 11 is 0. The molecule has 4 rings (SSSR count). The van der Waals surface area contributed by atoms with Crippen molar-refractivity contribution in [2.24, 2.45) is 7.05 Å². The lowest BCUT2D eigenvalue weighted by Crippen LogP contribution is -2.29. The number of carbonyl (C=O) groups is 1. The molecule has 160 valence electrons. The first-order valence-electron chi connectivity index (χ1n) is 10.5. The van der Waals surface area contributed by atoms with Crippen LogP contribution in [0.15, 0.2) is 53.7 Å². The zero-order valence-electron chi connectivity index (χ0n) is 17.6. The lowest BCUT2D eigenvalue weighted by atomic mass is 10.1. The molecule has 0 unspecified atom stereocenters. The van der Waals surface area contributed by atoms with Crippen LogP contribution in [0.3, 0.4) is 0 Å². The van der Waals surface area contributed by atoms with Gasteiger partial charge in [-0.2, -0.15) is 0 Å². The Morgan fingerprint density at radius 1 is 1.10 bits per heavy atom. The number of ketones is 1. The smallest absolute Gasteiger partial charge is 0.255 e. The molecule has 1 fully saturated rings. The molecule has 3 aromatic rings. The highest BCUT2D eigenvalue weighted by Crippen LogP contribution is 2.15. The minimum Gasteiger partial charge on any atom is -0.348 e. The predicted octanol–water partition coefficient (Wildman–Crippen LogP) is 2.52. The summed E-state index contributed by atoms with van der Waals surface area (Å²) < 4.78 is 1.38. The van der Waals surface area contributed by atoms with Gasteiger partial charge in [0.1, 0.15) is 6.33 Å². The van der Waals surface area contributed by atoms with E-state index in [1.807, 2.05) is 18.2 Å². The van der Waals surface area contributed by atoms with Crippen LogP contribution in [0.4, 0.5) is 5.95 Å². The van der Waals surface area contributed by atoms with Gasteiger partial charge in [0.2, 0.25) is 5.95 Å². The van der Waals surface area contributed by atoms with E-state index in [-0.39, 0.29) is 17.9 Å². The molecule has 1 aromatic carbocycles. The Kier molecular flexibility index (Phi) is 6.47. The van der Waals surface area contributed by atoms with E-state index in [9.17, 15) is 9.59 Å². The van der Waals surface area contributed by atoms with E-state index in [0.29, 0.717) is 22.9 Å². The first-order valence-corrected chi connectivity index (χ1v) is 10.5. The molecule has 1 saturated heterocycles. The molecule has 2 aromatic heterocycles. The molecular weight excluding hydrogens is 392 g/mol. The largest absolute Gasteiger partial charge is 0.348 e. The Morgan fingerprint density at radius 3 is 2.71 bits per heavy atom. The summed E-state index contributed by atoms with van der Waals surface area (Å²) in [7, 11) is 1.62. The lowest BCUT2D eigenvalue weighted by molar-refractivity contribution is 0.101. The SMILES string of the molecule is Cn1c(NCC(=O)c2cccc(CN3CCCCC3)c2)nc(-c2ccncn2)cc1=O. The molecule has 31 heavy (non-hydrogen) atoms. The molecule has 0 atom stereocenters. The van der Waals surface area contributed by atoms with Gasteiger partial charge in [0.05, 0.1) is 17.9 Å². The molecule has 1 aliphatic heterocycles. The van der Waals surface area contributed by atoms with Crippen LogP contribution in [0.25, 0.3) is 11.4 Å². The van der Waals surface area contributed by atoms with Crippen LogP contribution in [0.5, 0.6) is 0 Å². The first kappa shape index (κ1) is 20.9. The number of hydrogen-bond acceptors (Lipinski definition) is 7. The number of nitrogens with one attached hydrogen (secondary N) is 1. The van der Waals surface area contributed by atoms with E-state index in [1.165, 1.54) is 36.2 Å². The van der Waals surface area contributed by atoms with E-state index < -0.39 is 0 Å².